The Balaban J connectivity index is -0.000000414. The van der Waals surface area contributed by atoms with Gasteiger partial charge in [-0.3, -0.25) is 6.08 Å². The number of hydrogen-bond acceptors (Lipinski definition) is 1. The molecule has 0 amide bonds. The van der Waals surface area contributed by atoms with E-state index in [0.29, 0.717) is 10.9 Å². The molecule has 1 atom stereocenters. The van der Waals surface area contributed by atoms with Gasteiger partial charge in [-0.2, -0.15) is 78.4 Å². The predicted molar refractivity (Wildman–Crippen MR) is 164 cm³/mol. The zero-order chi connectivity index (χ0) is 26.9. The Morgan fingerprint density at radius 3 is 1.49 bits per heavy atom. The van der Waals surface area contributed by atoms with Gasteiger partial charge in [0.25, 0.3) is 0 Å². The van der Waals surface area contributed by atoms with Crippen molar-refractivity contribution in [1.82, 2.24) is 0 Å². The molecule has 0 bridgehead atoms. The average Bonchev–Trinajstić information content (AvgIpc) is 3.08. The largest absolute Gasteiger partial charge is 0.184 e. The summed E-state index contributed by atoms with van der Waals surface area (Å²) in [4.78, 5) is 3.25. The van der Waals surface area contributed by atoms with E-state index < -0.39 is 0 Å². The topological polar surface area (TPSA) is 20.2 Å². The summed E-state index contributed by atoms with van der Waals surface area (Å²) in [5.74, 6) is 0.741. The number of halogens is 3. The van der Waals surface area contributed by atoms with Gasteiger partial charge in [0.15, 0.2) is 0 Å². The molecule has 1 nitrogen and oxygen atoms in total. The van der Waals surface area contributed by atoms with Crippen LogP contribution in [0.2, 0.25) is 5.02 Å². The molecule has 3 aromatic rings. The van der Waals surface area contributed by atoms with Crippen molar-refractivity contribution in [2.75, 3.05) is 0 Å². The minimum absolute atomic E-state index is 0. The van der Waals surface area contributed by atoms with Gasteiger partial charge in [-0.25, -0.2) is 10.8 Å². The molecule has 1 unspecified atom stereocenters. The Morgan fingerprint density at radius 1 is 0.865 bits per heavy atom. The summed E-state index contributed by atoms with van der Waals surface area (Å²) in [6.07, 6.45) is 3.27. The van der Waals surface area contributed by atoms with Crippen LogP contribution >= 0.6 is 36.4 Å². The van der Waals surface area contributed by atoms with Crippen molar-refractivity contribution in [2.45, 2.75) is 47.0 Å². The maximum absolute atomic E-state index is 9.27. The second-order valence-electron chi connectivity index (χ2n) is 8.65. The molecule has 1 N–H and O–H groups in total. The summed E-state index contributed by atoms with van der Waals surface area (Å²) in [7, 11) is 3.48. The Bertz CT molecular complexity index is 928. The molecule has 199 valence electrons. The third-order valence-corrected chi connectivity index (χ3v) is 5.68. The first kappa shape index (κ1) is 40.1. The zero-order valence-corrected chi connectivity index (χ0v) is 27.4. The van der Waals surface area contributed by atoms with E-state index in [2.05, 4.69) is 74.8 Å². The van der Waals surface area contributed by atoms with Gasteiger partial charge < -0.3 is 5.11 Å². The van der Waals surface area contributed by atoms with Gasteiger partial charge in [-0.15, -0.1) is 31.7 Å². The van der Waals surface area contributed by atoms with Gasteiger partial charge in [-0.05, 0) is 29.2 Å². The summed E-state index contributed by atoms with van der Waals surface area (Å²) >= 11 is 7.55. The fourth-order valence-electron chi connectivity index (χ4n) is 2.65. The van der Waals surface area contributed by atoms with Crippen LogP contribution in [-0.2, 0) is 25.4 Å². The standard InChI is InChI=1S/C10H13ClO.C8H10Si.2C6H5.CH2.2ClH.Ti/c1-10(2,3)7-4-8(11)6-9(12)5-7;1-5-4-8(9)7(3)6(5)2;2*1-2-4-6-5-3-1;;;;/h4-6,12H,1-3H3;5H,1-3H3;2*1-5H;1H2;2*1H;/q;3*-1;;;;. The smallest absolute Gasteiger partial charge is 0.171 e. The maximum atomic E-state index is 9.27. The number of hydrogen-bond donors (Lipinski definition) is 1. The molecule has 3 radical (unpaired) electrons. The maximum Gasteiger partial charge on any atom is -0.171 e. The van der Waals surface area contributed by atoms with Crippen LogP contribution < -0.4 is 0 Å². The molecule has 0 spiro atoms. The third kappa shape index (κ3) is 18.5. The van der Waals surface area contributed by atoms with Crippen molar-refractivity contribution >= 4 is 51.5 Å². The minimum atomic E-state index is 0. The van der Waals surface area contributed by atoms with E-state index in [4.69, 9.17) is 11.6 Å². The van der Waals surface area contributed by atoms with E-state index in [-0.39, 0.29) is 36.0 Å². The number of phenols is 1. The number of aromatic hydroxyl groups is 1. The molecule has 4 rings (SSSR count). The summed E-state index contributed by atoms with van der Waals surface area (Å²) in [5, 5.41) is 11.0. The second-order valence-corrected chi connectivity index (χ2v) is 9.59. The van der Waals surface area contributed by atoms with Crippen LogP contribution in [0.3, 0.4) is 0 Å². The monoisotopic (exact) mass is 606 g/mol. The quantitative estimate of drug-likeness (QED) is 0.200. The molecule has 1 aliphatic rings. The summed E-state index contributed by atoms with van der Waals surface area (Å²) in [6.45, 7) is 12.7. The van der Waals surface area contributed by atoms with E-state index in [9.17, 15) is 5.11 Å². The second kappa shape index (κ2) is 22.6. The first-order chi connectivity index (χ1) is 16.5. The first-order valence-electron chi connectivity index (χ1n) is 11.2. The fraction of sp³-hybridized carbons (Fsp3) is 0.258. The fourth-order valence-corrected chi connectivity index (χ4v) is 3.29. The van der Waals surface area contributed by atoms with Crippen molar-refractivity contribution in [3.8, 4) is 5.75 Å². The number of phenolic OH excluding ortho intramolecular Hbond substituents is 1. The van der Waals surface area contributed by atoms with Gasteiger partial charge in [0.2, 0.25) is 0 Å². The van der Waals surface area contributed by atoms with Crippen molar-refractivity contribution in [1.29, 1.82) is 0 Å². The first-order valence-corrected chi connectivity index (χ1v) is 13.2. The van der Waals surface area contributed by atoms with Crippen LogP contribution in [0.5, 0.6) is 5.75 Å². The van der Waals surface area contributed by atoms with Crippen molar-refractivity contribution < 1.29 is 25.1 Å². The van der Waals surface area contributed by atoms with Gasteiger partial charge in [0.05, 0.1) is 0 Å². The van der Waals surface area contributed by atoms with Gasteiger partial charge in [0, 0.05) is 15.3 Å². The van der Waals surface area contributed by atoms with Crippen molar-refractivity contribution in [2.24, 2.45) is 5.92 Å². The van der Waals surface area contributed by atoms with E-state index in [0.717, 1.165) is 10.8 Å². The Hall–Kier alpha value is -1.39. The van der Waals surface area contributed by atoms with Crippen LogP contribution in [-0.4, -0.2) is 20.2 Å². The molecule has 0 saturated heterocycles. The van der Waals surface area contributed by atoms with Crippen LogP contribution in [0.4, 0.5) is 0 Å². The Kier molecular flexibility index (Phi) is 24.5. The molecule has 0 saturated carbocycles. The van der Waals surface area contributed by atoms with Gasteiger partial charge >= 0.3 is 24.8 Å². The molecule has 6 heteroatoms. The number of allylic oxidation sites excluding steroid dienone is 4. The molecule has 0 aliphatic heterocycles. The summed E-state index contributed by atoms with van der Waals surface area (Å²) in [6, 6.07) is 30.2. The van der Waals surface area contributed by atoms with Gasteiger partial charge in [-0.1, -0.05) is 52.1 Å². The average molecular weight is 608 g/mol. The normalized spacial score (nSPS) is 13.1. The van der Waals surface area contributed by atoms with E-state index in [1.165, 1.54) is 17.2 Å². The minimum Gasteiger partial charge on any atom is -0.184 e. The molecule has 3 aromatic carbocycles. The molecule has 0 aromatic heterocycles. The van der Waals surface area contributed by atoms with Crippen LogP contribution in [0, 0.1) is 24.1 Å². The molecule has 0 heterocycles. The molecule has 0 fully saturated rings. The van der Waals surface area contributed by atoms with Crippen LogP contribution in [0.15, 0.2) is 95.2 Å². The van der Waals surface area contributed by atoms with E-state index in [1.54, 1.807) is 26.0 Å². The zero-order valence-electron chi connectivity index (χ0n) is 22.4. The summed E-state index contributed by atoms with van der Waals surface area (Å²) < 4.78 is 0. The van der Waals surface area contributed by atoms with Crippen molar-refractivity contribution in [3.63, 3.8) is 0 Å². The molecular formula is C31H37Cl3OSiTi-3. The predicted octanol–water partition coefficient (Wildman–Crippen LogP) is 8.95. The third-order valence-electron chi connectivity index (χ3n) is 4.94. The van der Waals surface area contributed by atoms with Gasteiger partial charge in [0.1, 0.15) is 5.75 Å². The Labute approximate surface area is 257 Å². The molecular weight excluding hydrogens is 571 g/mol. The SMILES string of the molecule is CC(C)(C)c1cc(O)cc(Cl)c1.CC1=C(C)C(C)[C-]=C1[Si].Cl.Cl.[CH2]=[Ti].[c-]1ccccc1.[c-]1ccccc1. The van der Waals surface area contributed by atoms with Crippen LogP contribution in [0.1, 0.15) is 47.1 Å². The van der Waals surface area contributed by atoms with E-state index in [1.807, 2.05) is 66.7 Å². The Morgan fingerprint density at radius 2 is 1.30 bits per heavy atom. The van der Waals surface area contributed by atoms with E-state index >= 15 is 0 Å². The summed E-state index contributed by atoms with van der Waals surface area (Å²) in [5.41, 5.74) is 3.86. The number of benzene rings is 3. The molecule has 1 aliphatic carbocycles. The number of rotatable bonds is 0. The molecule has 37 heavy (non-hydrogen) atoms. The van der Waals surface area contributed by atoms with Crippen LogP contribution in [0.25, 0.3) is 0 Å². The van der Waals surface area contributed by atoms with Crippen molar-refractivity contribution in [3.05, 3.63) is 124 Å².